The quantitative estimate of drug-likeness (QED) is 0.285. The zero-order valence-electron chi connectivity index (χ0n) is 25.1. The summed E-state index contributed by atoms with van der Waals surface area (Å²) in [6.07, 6.45) is -0.161. The Bertz CT molecular complexity index is 1680. The van der Waals surface area contributed by atoms with Crippen LogP contribution in [0.25, 0.3) is 11.3 Å². The highest BCUT2D eigenvalue weighted by Crippen LogP contribution is 2.52. The third-order valence-electron chi connectivity index (χ3n) is 9.54. The Morgan fingerprint density at radius 3 is 2.48 bits per heavy atom. The van der Waals surface area contributed by atoms with E-state index in [0.717, 1.165) is 62.0 Å². The topological polar surface area (TPSA) is 86.8 Å². The fraction of sp³-hybridized carbons (Fsp3) is 0.400. The molecule has 3 amide bonds. The lowest BCUT2D eigenvalue weighted by Crippen LogP contribution is -2.48. The molecule has 7 rings (SSSR count). The Labute approximate surface area is 265 Å². The molecule has 1 unspecified atom stereocenters. The van der Waals surface area contributed by atoms with E-state index in [9.17, 15) is 22.8 Å². The second-order valence-electron chi connectivity index (χ2n) is 12.4. The molecule has 0 radical (unpaired) electrons. The first-order valence-corrected chi connectivity index (χ1v) is 15.7. The van der Waals surface area contributed by atoms with E-state index in [4.69, 9.17) is 9.72 Å². The van der Waals surface area contributed by atoms with Crippen LogP contribution in [0.1, 0.15) is 43.2 Å². The number of rotatable bonds is 6. The summed E-state index contributed by atoms with van der Waals surface area (Å²) in [5.74, 6) is 8.47. The van der Waals surface area contributed by atoms with Crippen LogP contribution in [0.3, 0.4) is 0 Å². The van der Waals surface area contributed by atoms with E-state index >= 15 is 0 Å². The number of anilines is 3. The van der Waals surface area contributed by atoms with Crippen LogP contribution in [0.5, 0.6) is 0 Å². The zero-order valence-corrected chi connectivity index (χ0v) is 25.1. The summed E-state index contributed by atoms with van der Waals surface area (Å²) in [7, 11) is 0. The van der Waals surface area contributed by atoms with Crippen molar-refractivity contribution in [2.75, 3.05) is 34.8 Å². The third kappa shape index (κ3) is 6.21. The number of alkyl halides is 3. The van der Waals surface area contributed by atoms with Crippen molar-refractivity contribution in [3.63, 3.8) is 0 Å². The Balaban J connectivity index is 0.972. The van der Waals surface area contributed by atoms with Gasteiger partial charge in [-0.2, -0.15) is 13.2 Å². The van der Waals surface area contributed by atoms with Gasteiger partial charge in [-0.15, -0.1) is 11.8 Å². The van der Waals surface area contributed by atoms with Gasteiger partial charge < -0.3 is 20.3 Å². The molecular formula is C35H34F3N5O3. The van der Waals surface area contributed by atoms with Crippen molar-refractivity contribution in [3.8, 4) is 23.1 Å². The van der Waals surface area contributed by atoms with Gasteiger partial charge in [0.15, 0.2) is 5.82 Å². The fourth-order valence-electron chi connectivity index (χ4n) is 7.06. The van der Waals surface area contributed by atoms with E-state index in [1.807, 2.05) is 18.2 Å². The first kappa shape index (κ1) is 30.0. The third-order valence-corrected chi connectivity index (χ3v) is 9.54. The van der Waals surface area contributed by atoms with E-state index < -0.39 is 17.8 Å². The number of alkyl carbamates (subject to hydrolysis) is 1. The summed E-state index contributed by atoms with van der Waals surface area (Å²) in [5, 5.41) is 5.75. The number of hydrogen-bond acceptors (Lipinski definition) is 5. The molecule has 4 atom stereocenters. The van der Waals surface area contributed by atoms with Gasteiger partial charge in [0.1, 0.15) is 0 Å². The Morgan fingerprint density at radius 2 is 1.74 bits per heavy atom. The molecule has 1 saturated carbocycles. The van der Waals surface area contributed by atoms with Crippen LogP contribution in [0.2, 0.25) is 0 Å². The maximum absolute atomic E-state index is 13.6. The minimum atomic E-state index is -4.47. The van der Waals surface area contributed by atoms with Crippen LogP contribution in [0.4, 0.5) is 40.0 Å². The molecule has 1 saturated heterocycles. The van der Waals surface area contributed by atoms with Crippen LogP contribution in [0.15, 0.2) is 60.7 Å². The lowest BCUT2D eigenvalue weighted by Gasteiger charge is -2.36. The van der Waals surface area contributed by atoms with Crippen molar-refractivity contribution >= 4 is 29.3 Å². The normalized spacial score (nSPS) is 22.8. The van der Waals surface area contributed by atoms with E-state index in [0.29, 0.717) is 53.7 Å². The largest absolute Gasteiger partial charge is 0.449 e. The SMILES string of the molecule is O=C(NCc1ccc(NC(=O)N2c3nc(-c4cccc(C(F)(F)F)c4)ccc3N3CC[C@H]2C3)cc1)OCC1[C@H]2CCC#CCC[C@@H]12. The summed E-state index contributed by atoms with van der Waals surface area (Å²) < 4.78 is 45.6. The van der Waals surface area contributed by atoms with Crippen molar-refractivity contribution in [3.05, 3.63) is 71.8 Å². The highest BCUT2D eigenvalue weighted by molar-refractivity contribution is 6.04. The Hall–Kier alpha value is -4.72. The van der Waals surface area contributed by atoms with Crippen molar-refractivity contribution < 1.29 is 27.5 Å². The Kier molecular flexibility index (Phi) is 7.97. The predicted octanol–water partition coefficient (Wildman–Crippen LogP) is 7.06. The number of urea groups is 1. The number of benzene rings is 2. The van der Waals surface area contributed by atoms with Gasteiger partial charge in [-0.1, -0.05) is 24.3 Å². The molecule has 46 heavy (non-hydrogen) atoms. The molecule has 2 bridgehead atoms. The molecule has 2 fully saturated rings. The Morgan fingerprint density at radius 1 is 0.978 bits per heavy atom. The molecule has 0 spiro atoms. The van der Waals surface area contributed by atoms with Crippen LogP contribution < -0.4 is 20.4 Å². The average Bonchev–Trinajstić information content (AvgIpc) is 3.49. The summed E-state index contributed by atoms with van der Waals surface area (Å²) >= 11 is 0. The number of nitrogens with zero attached hydrogens (tertiary/aromatic N) is 3. The molecule has 2 aromatic carbocycles. The number of amides is 3. The van der Waals surface area contributed by atoms with E-state index in [-0.39, 0.29) is 18.6 Å². The number of ether oxygens (including phenoxy) is 1. The number of pyridine rings is 1. The number of hydrogen-bond donors (Lipinski definition) is 2. The predicted molar refractivity (Wildman–Crippen MR) is 168 cm³/mol. The molecule has 3 aromatic rings. The van der Waals surface area contributed by atoms with Gasteiger partial charge in [-0.25, -0.2) is 14.6 Å². The minimum absolute atomic E-state index is 0.118. The first-order chi connectivity index (χ1) is 22.2. The molecule has 2 N–H and O–H groups in total. The molecule has 4 aliphatic rings. The summed E-state index contributed by atoms with van der Waals surface area (Å²) in [4.78, 5) is 34.4. The molecule has 238 valence electrons. The number of fused-ring (bicyclic) bond motifs is 5. The van der Waals surface area contributed by atoms with E-state index in [2.05, 4.69) is 27.4 Å². The number of aromatic nitrogens is 1. The van der Waals surface area contributed by atoms with E-state index in [1.54, 1.807) is 29.2 Å². The average molecular weight is 630 g/mol. The van der Waals surface area contributed by atoms with E-state index in [1.165, 1.54) is 6.07 Å². The number of carbonyl (C=O) groups excluding carboxylic acids is 2. The van der Waals surface area contributed by atoms with Gasteiger partial charge in [-0.3, -0.25) is 4.90 Å². The lowest BCUT2D eigenvalue weighted by atomic mass is 10.1. The second kappa shape index (κ2) is 12.2. The summed E-state index contributed by atoms with van der Waals surface area (Å²) in [6, 6.07) is 15.3. The van der Waals surface area contributed by atoms with Gasteiger partial charge in [0, 0.05) is 43.7 Å². The van der Waals surface area contributed by atoms with Crippen LogP contribution in [-0.2, 0) is 17.5 Å². The highest BCUT2D eigenvalue weighted by atomic mass is 19.4. The lowest BCUT2D eigenvalue weighted by molar-refractivity contribution is -0.137. The van der Waals surface area contributed by atoms with Gasteiger partial charge in [0.25, 0.3) is 0 Å². The molecule has 2 aliphatic heterocycles. The van der Waals surface area contributed by atoms with Gasteiger partial charge in [-0.05, 0) is 79.0 Å². The van der Waals surface area contributed by atoms with Crippen molar-refractivity contribution in [2.24, 2.45) is 17.8 Å². The summed E-state index contributed by atoms with van der Waals surface area (Å²) in [5.41, 5.74) is 2.12. The standard InChI is InChI=1S/C35H34F3N5O3/c36-35(37,38)24-7-5-6-23(18-24)30-14-15-31-32(41-30)43(26-16-17-42(31)20-26)33(44)40-25-12-10-22(11-13-25)19-39-34(45)46-21-29-27-8-3-1-2-4-9-28(27)29/h5-7,10-15,18,26-29H,3-4,8-9,16-17,19-21H2,(H,39,45)(H,40,44)/t26-,27-,28+,29?/m0/s1. The molecule has 3 heterocycles. The smallest absolute Gasteiger partial charge is 0.416 e. The highest BCUT2D eigenvalue weighted by Gasteiger charge is 2.49. The maximum Gasteiger partial charge on any atom is 0.416 e. The molecule has 8 nitrogen and oxygen atoms in total. The van der Waals surface area contributed by atoms with Gasteiger partial charge >= 0.3 is 18.3 Å². The summed E-state index contributed by atoms with van der Waals surface area (Å²) in [6.45, 7) is 2.13. The molecule has 1 aromatic heterocycles. The second-order valence-corrected chi connectivity index (χ2v) is 12.4. The maximum atomic E-state index is 13.6. The van der Waals surface area contributed by atoms with Crippen LogP contribution in [0, 0.1) is 29.6 Å². The van der Waals surface area contributed by atoms with Crippen molar-refractivity contribution in [2.45, 2.75) is 50.9 Å². The molecular weight excluding hydrogens is 595 g/mol. The zero-order chi connectivity index (χ0) is 31.8. The number of nitrogens with one attached hydrogen (secondary N) is 2. The van der Waals surface area contributed by atoms with Crippen molar-refractivity contribution in [1.29, 1.82) is 0 Å². The fourth-order valence-corrected chi connectivity index (χ4v) is 7.06. The first-order valence-electron chi connectivity index (χ1n) is 15.7. The van der Waals surface area contributed by atoms with Gasteiger partial charge in [0.05, 0.1) is 29.6 Å². The number of halogens is 3. The van der Waals surface area contributed by atoms with Gasteiger partial charge in [0.2, 0.25) is 0 Å². The van der Waals surface area contributed by atoms with Crippen LogP contribution in [-0.4, -0.2) is 42.8 Å². The monoisotopic (exact) mass is 629 g/mol. The number of carbonyl (C=O) groups is 2. The minimum Gasteiger partial charge on any atom is -0.449 e. The van der Waals surface area contributed by atoms with Crippen molar-refractivity contribution in [1.82, 2.24) is 10.3 Å². The molecule has 11 heteroatoms. The molecule has 2 aliphatic carbocycles. The van der Waals surface area contributed by atoms with Crippen LogP contribution >= 0.6 is 0 Å².